The molecule has 5 heteroatoms. The van der Waals surface area contributed by atoms with E-state index in [9.17, 15) is 9.90 Å². The first-order valence-corrected chi connectivity index (χ1v) is 9.88. The smallest absolute Gasteiger partial charge is 0.331 e. The summed E-state index contributed by atoms with van der Waals surface area (Å²) in [5, 5.41) is 10.1. The Morgan fingerprint density at radius 3 is 2.40 bits per heavy atom. The van der Waals surface area contributed by atoms with Gasteiger partial charge in [-0.2, -0.15) is 0 Å². The Kier molecular flexibility index (Phi) is 4.38. The molecule has 4 fully saturated rings. The van der Waals surface area contributed by atoms with E-state index in [1.807, 2.05) is 6.07 Å². The summed E-state index contributed by atoms with van der Waals surface area (Å²) >= 11 is 3.34. The monoisotopic (exact) mass is 405 g/mol. The average molecular weight is 406 g/mol. The molecule has 0 radical (unpaired) electrons. The maximum absolute atomic E-state index is 12.6. The summed E-state index contributed by atoms with van der Waals surface area (Å²) in [5.74, 6) is 2.15. The first-order valence-electron chi connectivity index (χ1n) is 9.08. The Balaban J connectivity index is 1.65. The fourth-order valence-corrected chi connectivity index (χ4v) is 6.22. The topological polar surface area (TPSA) is 58.9 Å². The predicted octanol–water partition coefficient (Wildman–Crippen LogP) is 4.33. The van der Waals surface area contributed by atoms with Crippen LogP contribution in [0.4, 0.5) is 0 Å². The summed E-state index contributed by atoms with van der Waals surface area (Å²) in [4.78, 5) is 17.3. The lowest BCUT2D eigenvalue weighted by Crippen LogP contribution is -2.53. The third kappa shape index (κ3) is 3.12. The highest BCUT2D eigenvalue weighted by atomic mass is 79.9. The number of aliphatic imine (C=N–C) groups is 1. The molecule has 4 bridgehead atoms. The fraction of sp³-hybridized carbons (Fsp3) is 0.600. The van der Waals surface area contributed by atoms with Gasteiger partial charge in [-0.3, -0.25) is 4.99 Å². The van der Waals surface area contributed by atoms with E-state index in [1.165, 1.54) is 26.4 Å². The summed E-state index contributed by atoms with van der Waals surface area (Å²) in [5.41, 5.74) is 0.574. The fourth-order valence-electron chi connectivity index (χ4n) is 5.87. The van der Waals surface area contributed by atoms with Crippen molar-refractivity contribution < 1.29 is 14.6 Å². The van der Waals surface area contributed by atoms with Crippen molar-refractivity contribution in [1.29, 1.82) is 0 Å². The highest BCUT2D eigenvalue weighted by Crippen LogP contribution is 2.61. The van der Waals surface area contributed by atoms with E-state index in [-0.39, 0.29) is 17.1 Å². The Bertz CT molecular complexity index is 680. The molecular formula is C20H24BrNO3. The maximum atomic E-state index is 12.6. The largest absolute Gasteiger partial charge is 0.507 e. The van der Waals surface area contributed by atoms with Crippen LogP contribution in [0, 0.1) is 23.2 Å². The van der Waals surface area contributed by atoms with Crippen LogP contribution in [0.5, 0.6) is 5.75 Å². The number of carbonyl (C=O) groups excluding carboxylic acids is 1. The van der Waals surface area contributed by atoms with Crippen LogP contribution in [0.1, 0.15) is 44.1 Å². The number of hydrogen-bond donors (Lipinski definition) is 1. The van der Waals surface area contributed by atoms with E-state index < -0.39 is 6.04 Å². The zero-order valence-corrected chi connectivity index (χ0v) is 16.0. The molecule has 0 saturated heterocycles. The molecule has 0 heterocycles. The van der Waals surface area contributed by atoms with Gasteiger partial charge < -0.3 is 9.84 Å². The molecule has 0 aliphatic heterocycles. The zero-order valence-electron chi connectivity index (χ0n) is 14.5. The Morgan fingerprint density at radius 2 is 1.88 bits per heavy atom. The second-order valence-corrected chi connectivity index (χ2v) is 9.10. The molecule has 1 N–H and O–H groups in total. The van der Waals surface area contributed by atoms with E-state index in [0.717, 1.165) is 41.5 Å². The maximum Gasteiger partial charge on any atom is 0.331 e. The van der Waals surface area contributed by atoms with Gasteiger partial charge in [0.1, 0.15) is 5.75 Å². The van der Waals surface area contributed by atoms with Gasteiger partial charge in [0.2, 0.25) is 0 Å². The Labute approximate surface area is 156 Å². The molecule has 5 rings (SSSR count). The number of phenolic OH excluding ortho intramolecular Hbond substituents is 1. The summed E-state index contributed by atoms with van der Waals surface area (Å²) < 4.78 is 5.93. The van der Waals surface area contributed by atoms with Crippen LogP contribution in [0.2, 0.25) is 0 Å². The van der Waals surface area contributed by atoms with Crippen LogP contribution in [0.15, 0.2) is 27.7 Å². The standard InChI is InChI=1S/C20H24BrNO3/c1-25-19(24)18(22-11-15-2-3-16(21)7-17(15)23)20-8-12-4-13(9-20)6-14(5-12)10-20/h2-3,7,11-14,18,23H,4-6,8-10H2,1H3/t12?,13?,14?,18-,20?/m0/s1. The van der Waals surface area contributed by atoms with Gasteiger partial charge in [0.05, 0.1) is 7.11 Å². The van der Waals surface area contributed by atoms with Gasteiger partial charge in [-0.1, -0.05) is 15.9 Å². The van der Waals surface area contributed by atoms with Gasteiger partial charge in [-0.25, -0.2) is 4.79 Å². The van der Waals surface area contributed by atoms with Crippen LogP contribution >= 0.6 is 15.9 Å². The quantitative estimate of drug-likeness (QED) is 0.598. The third-order valence-electron chi connectivity index (χ3n) is 6.45. The lowest BCUT2D eigenvalue weighted by atomic mass is 9.47. The van der Waals surface area contributed by atoms with E-state index in [1.54, 1.807) is 18.3 Å². The Hall–Kier alpha value is -1.36. The number of nitrogens with zero attached hydrogens (tertiary/aromatic N) is 1. The van der Waals surface area contributed by atoms with Crippen LogP contribution < -0.4 is 0 Å². The molecule has 25 heavy (non-hydrogen) atoms. The first kappa shape index (κ1) is 17.1. The van der Waals surface area contributed by atoms with E-state index in [4.69, 9.17) is 4.74 Å². The summed E-state index contributed by atoms with van der Waals surface area (Å²) in [7, 11) is 1.45. The molecule has 4 aliphatic carbocycles. The van der Waals surface area contributed by atoms with Crippen LogP contribution in [0.3, 0.4) is 0 Å². The first-order chi connectivity index (χ1) is 12.0. The van der Waals surface area contributed by atoms with Gasteiger partial charge in [0.15, 0.2) is 6.04 Å². The van der Waals surface area contributed by atoms with Gasteiger partial charge in [0.25, 0.3) is 0 Å². The van der Waals surface area contributed by atoms with Gasteiger partial charge in [-0.05, 0) is 74.5 Å². The summed E-state index contributed by atoms with van der Waals surface area (Å²) in [6.07, 6.45) is 8.87. The highest BCUT2D eigenvalue weighted by Gasteiger charge is 2.56. The van der Waals surface area contributed by atoms with Crippen LogP contribution in [-0.4, -0.2) is 30.4 Å². The van der Waals surface area contributed by atoms with Crippen molar-refractivity contribution in [3.63, 3.8) is 0 Å². The molecule has 0 amide bonds. The normalized spacial score (nSPS) is 34.4. The SMILES string of the molecule is COC(=O)[C@H](N=Cc1ccc(Br)cc1O)C12CC3CC(CC(C3)C1)C2. The second kappa shape index (κ2) is 6.42. The van der Waals surface area contributed by atoms with Crippen LogP contribution in [-0.2, 0) is 9.53 Å². The molecule has 0 unspecified atom stereocenters. The van der Waals surface area contributed by atoms with Crippen LogP contribution in [0.25, 0.3) is 0 Å². The number of halogens is 1. The van der Waals surface area contributed by atoms with Gasteiger partial charge in [0, 0.05) is 21.7 Å². The molecule has 0 spiro atoms. The molecule has 134 valence electrons. The van der Waals surface area contributed by atoms with E-state index >= 15 is 0 Å². The number of methoxy groups -OCH3 is 1. The average Bonchev–Trinajstić information content (AvgIpc) is 2.55. The number of rotatable bonds is 4. The van der Waals surface area contributed by atoms with Crippen molar-refractivity contribution in [1.82, 2.24) is 0 Å². The lowest BCUT2D eigenvalue weighted by Gasteiger charge is -2.58. The third-order valence-corrected chi connectivity index (χ3v) is 6.94. The van der Waals surface area contributed by atoms with Crippen molar-refractivity contribution in [3.05, 3.63) is 28.2 Å². The van der Waals surface area contributed by atoms with Gasteiger partial charge >= 0.3 is 5.97 Å². The molecule has 4 nitrogen and oxygen atoms in total. The van der Waals surface area contributed by atoms with Gasteiger partial charge in [-0.15, -0.1) is 0 Å². The number of carbonyl (C=O) groups is 1. The minimum atomic E-state index is -0.464. The molecule has 1 aromatic carbocycles. The minimum absolute atomic E-state index is 0.0523. The van der Waals surface area contributed by atoms with Crippen molar-refractivity contribution in [2.75, 3.05) is 7.11 Å². The summed E-state index contributed by atoms with van der Waals surface area (Å²) in [6.45, 7) is 0. The molecule has 4 saturated carbocycles. The molecular weight excluding hydrogens is 382 g/mol. The molecule has 4 aliphatic rings. The van der Waals surface area contributed by atoms with Crippen molar-refractivity contribution in [2.24, 2.45) is 28.2 Å². The molecule has 1 aromatic rings. The Morgan fingerprint density at radius 1 is 1.28 bits per heavy atom. The van der Waals surface area contributed by atoms with Crippen molar-refractivity contribution >= 4 is 28.1 Å². The summed E-state index contributed by atoms with van der Waals surface area (Å²) in [6, 6.07) is 4.84. The van der Waals surface area contributed by atoms with E-state index in [0.29, 0.717) is 5.56 Å². The number of hydrogen-bond acceptors (Lipinski definition) is 4. The minimum Gasteiger partial charge on any atom is -0.507 e. The lowest BCUT2D eigenvalue weighted by molar-refractivity contribution is -0.152. The number of aromatic hydroxyl groups is 1. The second-order valence-electron chi connectivity index (χ2n) is 8.19. The zero-order chi connectivity index (χ0) is 17.6. The van der Waals surface area contributed by atoms with Crippen molar-refractivity contribution in [2.45, 2.75) is 44.6 Å². The number of ether oxygens (including phenoxy) is 1. The molecule has 0 aromatic heterocycles. The molecule has 1 atom stereocenters. The highest BCUT2D eigenvalue weighted by molar-refractivity contribution is 9.10. The number of benzene rings is 1. The predicted molar refractivity (Wildman–Crippen MR) is 99.8 cm³/mol. The number of phenols is 1. The van der Waals surface area contributed by atoms with Crippen molar-refractivity contribution in [3.8, 4) is 5.75 Å². The number of esters is 1. The van der Waals surface area contributed by atoms with E-state index in [2.05, 4.69) is 20.9 Å².